The van der Waals surface area contributed by atoms with Crippen LogP contribution in [0.3, 0.4) is 0 Å². The van der Waals surface area contributed by atoms with Crippen molar-refractivity contribution in [3.8, 4) is 51.4 Å². The second-order valence-electron chi connectivity index (χ2n) is 16.9. The molecule has 0 bridgehead atoms. The van der Waals surface area contributed by atoms with Crippen LogP contribution in [-0.4, -0.2) is 16.1 Å². The zero-order valence-electron chi connectivity index (χ0n) is 34.5. The monoisotopic (exact) mass is 781 g/mol. The van der Waals surface area contributed by atoms with Crippen LogP contribution in [0.1, 0.15) is 65.8 Å². The number of amidine groups is 1. The predicted molar refractivity (Wildman–Crippen MR) is 255 cm³/mol. The van der Waals surface area contributed by atoms with Gasteiger partial charge in [0.2, 0.25) is 0 Å². The van der Waals surface area contributed by atoms with Gasteiger partial charge in [0, 0.05) is 33.1 Å². The molecule has 9 aromatic rings. The zero-order valence-corrected chi connectivity index (χ0v) is 34.5. The van der Waals surface area contributed by atoms with Crippen molar-refractivity contribution in [2.75, 3.05) is 0 Å². The zero-order chi connectivity index (χ0) is 41.2. The lowest BCUT2D eigenvalue weighted by molar-refractivity contribution is 0.661. The number of rotatable bonds is 6. The molecule has 61 heavy (non-hydrogen) atoms. The van der Waals surface area contributed by atoms with Crippen molar-refractivity contribution in [2.24, 2.45) is 9.98 Å². The molecule has 1 heterocycles. The molecule has 0 saturated heterocycles. The number of aliphatic imine (C=N–C) groups is 2. The van der Waals surface area contributed by atoms with E-state index in [4.69, 9.17) is 16.4 Å². The van der Waals surface area contributed by atoms with E-state index in [1.807, 2.05) is 55.5 Å². The summed E-state index contributed by atoms with van der Waals surface area (Å²) in [6.45, 7) is 6.76. The lowest BCUT2D eigenvalue weighted by Gasteiger charge is -2.21. The summed E-state index contributed by atoms with van der Waals surface area (Å²) in [7, 11) is 0. The van der Waals surface area contributed by atoms with Crippen LogP contribution in [0.4, 0.5) is 0 Å². The molecule has 3 nitrogen and oxygen atoms in total. The molecule has 1 aromatic heterocycles. The summed E-state index contributed by atoms with van der Waals surface area (Å²) >= 11 is 0. The van der Waals surface area contributed by atoms with E-state index in [9.17, 15) is 0 Å². The first kappa shape index (κ1) is 36.5. The quantitative estimate of drug-likeness (QED) is 0.0914. The van der Waals surface area contributed by atoms with Crippen LogP contribution in [0.5, 0.6) is 0 Å². The molecule has 0 amide bonds. The molecule has 0 fully saturated rings. The third-order valence-corrected chi connectivity index (χ3v) is 13.0. The third-order valence-electron chi connectivity index (χ3n) is 13.0. The molecule has 0 saturated carbocycles. The maximum absolute atomic E-state index is 6.13. The maximum Gasteiger partial charge on any atom is 0.156 e. The van der Waals surface area contributed by atoms with Crippen LogP contribution in [0, 0.1) is 12.3 Å². The number of fused-ring (bicyclic) bond motifs is 9. The van der Waals surface area contributed by atoms with E-state index in [1.54, 1.807) is 0 Å². The van der Waals surface area contributed by atoms with Gasteiger partial charge in [-0.05, 0) is 117 Å². The highest BCUT2D eigenvalue weighted by molar-refractivity contribution is 6.13. The van der Waals surface area contributed by atoms with E-state index < -0.39 is 6.04 Å². The summed E-state index contributed by atoms with van der Waals surface area (Å²) < 4.78 is 2.48. The van der Waals surface area contributed by atoms with Crippen LogP contribution in [0.15, 0.2) is 192 Å². The van der Waals surface area contributed by atoms with Crippen LogP contribution < -0.4 is 0 Å². The lowest BCUT2D eigenvalue weighted by atomic mass is 9.82. The first-order valence-electron chi connectivity index (χ1n) is 21.1. The standard InChI is InChI=1S/C58H43N3/c1-5-54(39-20-10-7-11-21-39)60-57(59-37(2)38-18-8-6-9-19-38)42-23-16-22-40(32-42)44-26-17-27-45-48-34-43(31-30-41(48)33-49(44)45)61-55-29-15-13-25-47(55)51-35-50-46-24-12-14-28-52(46)58(3,4)53(50)36-56(51)61/h1,6-32,34-36,54H,33H2,2-4H3. The van der Waals surface area contributed by atoms with Crippen molar-refractivity contribution in [1.82, 2.24) is 4.57 Å². The van der Waals surface area contributed by atoms with Gasteiger partial charge in [-0.1, -0.05) is 165 Å². The van der Waals surface area contributed by atoms with E-state index in [1.165, 1.54) is 77.6 Å². The van der Waals surface area contributed by atoms with E-state index in [0.717, 1.165) is 34.4 Å². The molecule has 290 valence electrons. The summed E-state index contributed by atoms with van der Waals surface area (Å²) in [6.07, 6.45) is 6.99. The van der Waals surface area contributed by atoms with Crippen molar-refractivity contribution in [1.29, 1.82) is 0 Å². The van der Waals surface area contributed by atoms with Crippen molar-refractivity contribution in [3.05, 3.63) is 221 Å². The normalized spacial score (nSPS) is 14.3. The number of nitrogens with zero attached hydrogens (tertiary/aromatic N) is 3. The van der Waals surface area contributed by atoms with Gasteiger partial charge in [-0.25, -0.2) is 9.98 Å². The fourth-order valence-electron chi connectivity index (χ4n) is 9.90. The SMILES string of the molecule is C#CC(N=C(N=C(C)c1ccccc1)c1cccc(-c2cccc3c2Cc2ccc(-n4c5ccccc5c5cc6c(cc54)C(C)(C)c4ccccc4-6)cc2-3)c1)c1ccccc1. The Morgan fingerprint density at radius 1 is 0.590 bits per heavy atom. The Labute approximate surface area is 357 Å². The average Bonchev–Trinajstić information content (AvgIpc) is 3.92. The number of terminal acetylenes is 1. The molecule has 2 aliphatic rings. The molecule has 0 N–H and O–H groups in total. The second kappa shape index (κ2) is 14.3. The molecule has 0 radical (unpaired) electrons. The highest BCUT2D eigenvalue weighted by Crippen LogP contribution is 2.51. The molecule has 1 atom stereocenters. The smallest absolute Gasteiger partial charge is 0.156 e. The summed E-state index contributed by atoms with van der Waals surface area (Å²) in [6, 6.07) is 64.9. The van der Waals surface area contributed by atoms with E-state index in [2.05, 4.69) is 158 Å². The maximum atomic E-state index is 6.13. The summed E-state index contributed by atoms with van der Waals surface area (Å²) in [5, 5.41) is 2.56. The van der Waals surface area contributed by atoms with Gasteiger partial charge in [0.25, 0.3) is 0 Å². The molecule has 0 spiro atoms. The highest BCUT2D eigenvalue weighted by Gasteiger charge is 2.36. The summed E-state index contributed by atoms with van der Waals surface area (Å²) in [5.74, 6) is 3.53. The third kappa shape index (κ3) is 5.98. The van der Waals surface area contributed by atoms with Crippen molar-refractivity contribution < 1.29 is 0 Å². The molecular formula is C58H43N3. The van der Waals surface area contributed by atoms with Crippen molar-refractivity contribution in [3.63, 3.8) is 0 Å². The molecule has 3 heteroatoms. The van der Waals surface area contributed by atoms with Gasteiger partial charge in [-0.2, -0.15) is 0 Å². The molecule has 8 aromatic carbocycles. The van der Waals surface area contributed by atoms with Gasteiger partial charge in [0.15, 0.2) is 5.84 Å². The van der Waals surface area contributed by atoms with Gasteiger partial charge in [0.1, 0.15) is 6.04 Å². The first-order valence-corrected chi connectivity index (χ1v) is 21.1. The largest absolute Gasteiger partial charge is 0.309 e. The molecule has 11 rings (SSSR count). The first-order chi connectivity index (χ1) is 29.9. The van der Waals surface area contributed by atoms with E-state index in [-0.39, 0.29) is 5.41 Å². The number of benzene rings is 8. The van der Waals surface area contributed by atoms with E-state index >= 15 is 0 Å². The minimum Gasteiger partial charge on any atom is -0.309 e. The van der Waals surface area contributed by atoms with Crippen molar-refractivity contribution in [2.45, 2.75) is 38.6 Å². The number of hydrogen-bond acceptors (Lipinski definition) is 1. The van der Waals surface area contributed by atoms with Gasteiger partial charge in [-0.3, -0.25) is 0 Å². The predicted octanol–water partition coefficient (Wildman–Crippen LogP) is 14.0. The molecular weight excluding hydrogens is 739 g/mol. The Hall–Kier alpha value is -7.54. The van der Waals surface area contributed by atoms with Crippen LogP contribution in [0.2, 0.25) is 0 Å². The molecule has 1 unspecified atom stereocenters. The van der Waals surface area contributed by atoms with Gasteiger partial charge < -0.3 is 4.57 Å². The Balaban J connectivity index is 1.01. The minimum absolute atomic E-state index is 0.0867. The fourth-order valence-corrected chi connectivity index (χ4v) is 9.90. The molecule has 2 aliphatic carbocycles. The van der Waals surface area contributed by atoms with Gasteiger partial charge in [0.05, 0.1) is 11.0 Å². The van der Waals surface area contributed by atoms with E-state index in [0.29, 0.717) is 5.84 Å². The second-order valence-corrected chi connectivity index (χ2v) is 16.9. The van der Waals surface area contributed by atoms with Gasteiger partial charge in [-0.15, -0.1) is 6.42 Å². The molecule has 0 aliphatic heterocycles. The topological polar surface area (TPSA) is 29.6 Å². The van der Waals surface area contributed by atoms with Crippen molar-refractivity contribution >= 4 is 33.4 Å². The fraction of sp³-hybridized carbons (Fsp3) is 0.103. The van der Waals surface area contributed by atoms with Crippen LogP contribution in [-0.2, 0) is 11.8 Å². The number of para-hydroxylation sites is 1. The Bertz CT molecular complexity index is 3320. The summed E-state index contributed by atoms with van der Waals surface area (Å²) in [4.78, 5) is 10.3. The Morgan fingerprint density at radius 3 is 2.13 bits per heavy atom. The van der Waals surface area contributed by atoms with Crippen LogP contribution >= 0.6 is 0 Å². The Morgan fingerprint density at radius 2 is 1.30 bits per heavy atom. The Kier molecular flexibility index (Phi) is 8.58. The number of aromatic nitrogens is 1. The summed E-state index contributed by atoms with van der Waals surface area (Å²) in [5.41, 5.74) is 20.4. The minimum atomic E-state index is -0.477. The van der Waals surface area contributed by atoms with Crippen LogP contribution in [0.25, 0.3) is 60.9 Å². The average molecular weight is 782 g/mol. The lowest BCUT2D eigenvalue weighted by Crippen LogP contribution is -2.14. The highest BCUT2D eigenvalue weighted by atomic mass is 15.0. The number of hydrogen-bond donors (Lipinski definition) is 0. The van der Waals surface area contributed by atoms with Gasteiger partial charge >= 0.3 is 0 Å².